The minimum Gasteiger partial charge on any atom is -0.310 e. The molecule has 0 radical (unpaired) electrons. The minimum atomic E-state index is 0.538. The highest BCUT2D eigenvalue weighted by molar-refractivity contribution is 7.99. The Morgan fingerprint density at radius 3 is 2.56 bits per heavy atom. The van der Waals surface area contributed by atoms with Crippen LogP contribution in [-0.4, -0.2) is 23.6 Å². The van der Waals surface area contributed by atoms with E-state index in [1.807, 2.05) is 0 Å². The van der Waals surface area contributed by atoms with Crippen LogP contribution in [0.1, 0.15) is 52.9 Å². The van der Waals surface area contributed by atoms with Crippen LogP contribution in [0.5, 0.6) is 0 Å². The lowest BCUT2D eigenvalue weighted by Gasteiger charge is -2.37. The summed E-state index contributed by atoms with van der Waals surface area (Å²) >= 11 is 2.13. The van der Waals surface area contributed by atoms with E-state index in [0.29, 0.717) is 5.41 Å². The van der Waals surface area contributed by atoms with E-state index in [0.717, 1.165) is 18.0 Å². The first-order valence-corrected chi connectivity index (χ1v) is 8.06. The molecule has 2 fully saturated rings. The summed E-state index contributed by atoms with van der Waals surface area (Å²) in [4.78, 5) is 0. The van der Waals surface area contributed by atoms with E-state index >= 15 is 0 Å². The summed E-state index contributed by atoms with van der Waals surface area (Å²) < 4.78 is 0. The van der Waals surface area contributed by atoms with E-state index in [1.54, 1.807) is 0 Å². The molecule has 2 atom stereocenters. The van der Waals surface area contributed by atoms with Gasteiger partial charge in [0, 0.05) is 17.8 Å². The lowest BCUT2D eigenvalue weighted by Crippen LogP contribution is -2.46. The third kappa shape index (κ3) is 3.40. The van der Waals surface area contributed by atoms with E-state index in [1.165, 1.54) is 43.6 Å². The molecule has 0 amide bonds. The van der Waals surface area contributed by atoms with Crippen molar-refractivity contribution in [2.75, 3.05) is 11.5 Å². The predicted molar refractivity (Wildman–Crippen MR) is 74.1 cm³/mol. The SMILES string of the molecule is C[C@H](NC1CSCC(C)(C)C1)C1CCCC1. The monoisotopic (exact) mass is 241 g/mol. The number of nitrogens with one attached hydrogen (secondary N) is 1. The van der Waals surface area contributed by atoms with Crippen LogP contribution in [0.2, 0.25) is 0 Å². The Balaban J connectivity index is 1.79. The molecule has 1 saturated heterocycles. The molecular weight excluding hydrogens is 214 g/mol. The fraction of sp³-hybridized carbons (Fsp3) is 1.00. The Kier molecular flexibility index (Phi) is 4.23. The normalized spacial score (nSPS) is 32.8. The standard InChI is InChI=1S/C14H27NS/c1-11(12-6-4-5-7-12)15-13-8-14(2,3)10-16-9-13/h11-13,15H,4-10H2,1-3H3/t11-,13?/m0/s1. The van der Waals surface area contributed by atoms with E-state index < -0.39 is 0 Å². The maximum Gasteiger partial charge on any atom is 0.0166 e. The number of hydrogen-bond acceptors (Lipinski definition) is 2. The van der Waals surface area contributed by atoms with Gasteiger partial charge in [-0.15, -0.1) is 0 Å². The quantitative estimate of drug-likeness (QED) is 0.809. The number of hydrogen-bond donors (Lipinski definition) is 1. The lowest BCUT2D eigenvalue weighted by molar-refractivity contribution is 0.275. The van der Waals surface area contributed by atoms with E-state index in [4.69, 9.17) is 0 Å². The van der Waals surface area contributed by atoms with Gasteiger partial charge in [-0.25, -0.2) is 0 Å². The molecule has 0 aromatic heterocycles. The largest absolute Gasteiger partial charge is 0.310 e. The first-order chi connectivity index (χ1) is 7.57. The fourth-order valence-corrected chi connectivity index (χ4v) is 4.62. The van der Waals surface area contributed by atoms with Crippen LogP contribution >= 0.6 is 11.8 Å². The smallest absolute Gasteiger partial charge is 0.0166 e. The molecule has 1 aliphatic carbocycles. The van der Waals surface area contributed by atoms with E-state index in [-0.39, 0.29) is 0 Å². The van der Waals surface area contributed by atoms with Crippen molar-refractivity contribution in [1.29, 1.82) is 0 Å². The van der Waals surface area contributed by atoms with Crippen LogP contribution in [0, 0.1) is 11.3 Å². The Morgan fingerprint density at radius 1 is 1.25 bits per heavy atom. The first kappa shape index (κ1) is 12.8. The molecule has 0 aromatic carbocycles. The molecule has 94 valence electrons. The minimum absolute atomic E-state index is 0.538. The second kappa shape index (κ2) is 5.30. The summed E-state index contributed by atoms with van der Waals surface area (Å²) in [5, 5.41) is 3.90. The predicted octanol–water partition coefficient (Wildman–Crippen LogP) is 3.69. The zero-order valence-corrected chi connectivity index (χ0v) is 11.9. The topological polar surface area (TPSA) is 12.0 Å². The zero-order valence-electron chi connectivity index (χ0n) is 11.1. The van der Waals surface area contributed by atoms with Gasteiger partial charge >= 0.3 is 0 Å². The van der Waals surface area contributed by atoms with E-state index in [9.17, 15) is 0 Å². The molecule has 0 aromatic rings. The molecule has 2 heteroatoms. The van der Waals surface area contributed by atoms with Crippen LogP contribution in [0.3, 0.4) is 0 Å². The zero-order chi connectivity index (χ0) is 11.6. The highest BCUT2D eigenvalue weighted by Crippen LogP contribution is 2.34. The van der Waals surface area contributed by atoms with Crippen LogP contribution < -0.4 is 5.32 Å². The number of thioether (sulfide) groups is 1. The average Bonchev–Trinajstić information content (AvgIpc) is 2.68. The fourth-order valence-electron chi connectivity index (χ4n) is 3.33. The second-order valence-electron chi connectivity index (χ2n) is 6.58. The summed E-state index contributed by atoms with van der Waals surface area (Å²) in [6, 6.07) is 1.49. The summed E-state index contributed by atoms with van der Waals surface area (Å²) in [6.45, 7) is 7.23. The Bertz CT molecular complexity index is 221. The van der Waals surface area contributed by atoms with Gasteiger partial charge in [0.05, 0.1) is 0 Å². The van der Waals surface area contributed by atoms with Crippen molar-refractivity contribution < 1.29 is 0 Å². The Hall–Kier alpha value is 0.310. The molecular formula is C14H27NS. The van der Waals surface area contributed by atoms with Crippen molar-refractivity contribution in [2.45, 2.75) is 65.0 Å². The van der Waals surface area contributed by atoms with Crippen molar-refractivity contribution in [1.82, 2.24) is 5.32 Å². The van der Waals surface area contributed by atoms with Gasteiger partial charge in [-0.2, -0.15) is 11.8 Å². The summed E-state index contributed by atoms with van der Waals surface area (Å²) in [5.41, 5.74) is 0.538. The highest BCUT2D eigenvalue weighted by atomic mass is 32.2. The van der Waals surface area contributed by atoms with Gasteiger partial charge in [0.25, 0.3) is 0 Å². The Labute approximate surface area is 105 Å². The van der Waals surface area contributed by atoms with Gasteiger partial charge in [0.15, 0.2) is 0 Å². The van der Waals surface area contributed by atoms with Crippen molar-refractivity contribution in [2.24, 2.45) is 11.3 Å². The first-order valence-electron chi connectivity index (χ1n) is 6.91. The summed E-state index contributed by atoms with van der Waals surface area (Å²) in [5.74, 6) is 3.61. The lowest BCUT2D eigenvalue weighted by atomic mass is 9.87. The van der Waals surface area contributed by atoms with Crippen molar-refractivity contribution in [3.05, 3.63) is 0 Å². The molecule has 0 bridgehead atoms. The number of rotatable bonds is 3. The van der Waals surface area contributed by atoms with Crippen LogP contribution in [0.15, 0.2) is 0 Å². The molecule has 1 N–H and O–H groups in total. The maximum absolute atomic E-state index is 3.90. The van der Waals surface area contributed by atoms with Crippen molar-refractivity contribution >= 4 is 11.8 Å². The van der Waals surface area contributed by atoms with Crippen molar-refractivity contribution in [3.8, 4) is 0 Å². The molecule has 2 rings (SSSR count). The highest BCUT2D eigenvalue weighted by Gasteiger charge is 2.30. The summed E-state index contributed by atoms with van der Waals surface area (Å²) in [7, 11) is 0. The summed E-state index contributed by atoms with van der Waals surface area (Å²) in [6.07, 6.45) is 7.19. The van der Waals surface area contributed by atoms with Gasteiger partial charge in [-0.3, -0.25) is 0 Å². The average molecular weight is 241 g/mol. The molecule has 0 spiro atoms. The molecule has 2 aliphatic rings. The van der Waals surface area contributed by atoms with Gasteiger partial charge in [0.1, 0.15) is 0 Å². The molecule has 1 aliphatic heterocycles. The van der Waals surface area contributed by atoms with Crippen LogP contribution in [0.4, 0.5) is 0 Å². The molecule has 1 nitrogen and oxygen atoms in total. The van der Waals surface area contributed by atoms with E-state index in [2.05, 4.69) is 37.8 Å². The molecule has 1 saturated carbocycles. The third-order valence-electron chi connectivity index (χ3n) is 4.22. The molecule has 16 heavy (non-hydrogen) atoms. The van der Waals surface area contributed by atoms with Crippen molar-refractivity contribution in [3.63, 3.8) is 0 Å². The van der Waals surface area contributed by atoms with Gasteiger partial charge < -0.3 is 5.32 Å². The van der Waals surface area contributed by atoms with Gasteiger partial charge in [-0.05, 0) is 43.3 Å². The third-order valence-corrected chi connectivity index (χ3v) is 5.84. The van der Waals surface area contributed by atoms with Gasteiger partial charge in [0.2, 0.25) is 0 Å². The Morgan fingerprint density at radius 2 is 1.94 bits per heavy atom. The molecule has 1 heterocycles. The second-order valence-corrected chi connectivity index (χ2v) is 7.61. The van der Waals surface area contributed by atoms with Gasteiger partial charge in [-0.1, -0.05) is 26.7 Å². The maximum atomic E-state index is 3.90. The van der Waals surface area contributed by atoms with Crippen LogP contribution in [-0.2, 0) is 0 Å². The molecule has 1 unspecified atom stereocenters. The van der Waals surface area contributed by atoms with Crippen LogP contribution in [0.25, 0.3) is 0 Å².